The van der Waals surface area contributed by atoms with Gasteiger partial charge in [-0.25, -0.2) is 0 Å². The van der Waals surface area contributed by atoms with E-state index in [0.29, 0.717) is 0 Å². The van der Waals surface area contributed by atoms with E-state index in [4.69, 9.17) is 0 Å². The summed E-state index contributed by atoms with van der Waals surface area (Å²) >= 11 is 2.07. The van der Waals surface area contributed by atoms with Crippen LogP contribution in [0, 0.1) is 6.92 Å². The Hall–Kier alpha value is -0.300. The van der Waals surface area contributed by atoms with Crippen molar-refractivity contribution in [2.75, 3.05) is 0 Å². The van der Waals surface area contributed by atoms with E-state index < -0.39 is 0 Å². The average Bonchev–Trinajstić information content (AvgIpc) is 2.51. The molecule has 0 bridgehead atoms. The van der Waals surface area contributed by atoms with Crippen LogP contribution in [-0.2, 0) is 19.3 Å². The van der Waals surface area contributed by atoms with E-state index in [2.05, 4.69) is 25.2 Å². The summed E-state index contributed by atoms with van der Waals surface area (Å²) in [5.41, 5.74) is 3.46. The molecule has 0 amide bonds. The van der Waals surface area contributed by atoms with Crippen LogP contribution in [0.15, 0.2) is 0 Å². The lowest BCUT2D eigenvalue weighted by molar-refractivity contribution is 0.684. The number of rotatable bonds is 3. The third-order valence-electron chi connectivity index (χ3n) is 3.26. The molecule has 1 heteroatoms. The van der Waals surface area contributed by atoms with E-state index in [9.17, 15) is 0 Å². The van der Waals surface area contributed by atoms with Gasteiger partial charge in [0.1, 0.15) is 0 Å². The van der Waals surface area contributed by atoms with Gasteiger partial charge in [-0.15, -0.1) is 11.3 Å². The highest BCUT2D eigenvalue weighted by Gasteiger charge is 2.17. The molecule has 1 aromatic heterocycles. The molecule has 0 unspecified atom stereocenters. The zero-order chi connectivity index (χ0) is 9.97. The van der Waals surface area contributed by atoms with Crippen molar-refractivity contribution in [3.63, 3.8) is 0 Å². The molecule has 0 saturated carbocycles. The largest absolute Gasteiger partial charge is 0.145 e. The number of hydrogen-bond donors (Lipinski definition) is 0. The molecule has 1 aliphatic carbocycles. The molecule has 1 heterocycles. The van der Waals surface area contributed by atoms with Gasteiger partial charge in [-0.05, 0) is 56.6 Å². The normalized spacial score (nSPS) is 15.6. The molecular formula is C13H20S. The van der Waals surface area contributed by atoms with Crippen LogP contribution in [0.4, 0.5) is 0 Å². The fourth-order valence-electron chi connectivity index (χ4n) is 2.45. The Morgan fingerprint density at radius 1 is 1.21 bits per heavy atom. The molecule has 78 valence electrons. The van der Waals surface area contributed by atoms with Gasteiger partial charge in [0, 0.05) is 9.75 Å². The first-order valence-electron chi connectivity index (χ1n) is 5.93. The van der Waals surface area contributed by atoms with Crippen LogP contribution in [0.25, 0.3) is 0 Å². The molecule has 1 aliphatic rings. The van der Waals surface area contributed by atoms with Crippen molar-refractivity contribution < 1.29 is 0 Å². The molecule has 0 saturated heterocycles. The van der Waals surface area contributed by atoms with Crippen LogP contribution in [0.1, 0.15) is 53.5 Å². The van der Waals surface area contributed by atoms with Gasteiger partial charge in [0.25, 0.3) is 0 Å². The molecule has 0 spiro atoms. The lowest BCUT2D eigenvalue weighted by Gasteiger charge is -2.12. The number of unbranched alkanes of at least 4 members (excludes halogenated alkanes) is 1. The molecule has 1 aromatic rings. The second kappa shape index (κ2) is 4.48. The van der Waals surface area contributed by atoms with Gasteiger partial charge in [-0.2, -0.15) is 0 Å². The minimum atomic E-state index is 1.32. The molecule has 14 heavy (non-hydrogen) atoms. The summed E-state index contributed by atoms with van der Waals surface area (Å²) < 4.78 is 0. The molecule has 0 fully saturated rings. The van der Waals surface area contributed by atoms with Crippen LogP contribution in [0.2, 0.25) is 0 Å². The topological polar surface area (TPSA) is 0 Å². The lowest BCUT2D eigenvalue weighted by atomic mass is 9.93. The van der Waals surface area contributed by atoms with E-state index in [1.165, 1.54) is 44.9 Å². The third kappa shape index (κ3) is 1.88. The summed E-state index contributed by atoms with van der Waals surface area (Å²) in [4.78, 5) is 3.31. The van der Waals surface area contributed by atoms with Crippen molar-refractivity contribution in [3.8, 4) is 0 Å². The summed E-state index contributed by atoms with van der Waals surface area (Å²) in [6, 6.07) is 0. The molecule has 0 aromatic carbocycles. The summed E-state index contributed by atoms with van der Waals surface area (Å²) in [7, 11) is 0. The van der Waals surface area contributed by atoms with Gasteiger partial charge >= 0.3 is 0 Å². The number of fused-ring (bicyclic) bond motifs is 1. The molecule has 0 nitrogen and oxygen atoms in total. The first-order valence-corrected chi connectivity index (χ1v) is 6.74. The first kappa shape index (κ1) is 10.2. The molecule has 2 rings (SSSR count). The van der Waals surface area contributed by atoms with E-state index in [0.717, 1.165) is 0 Å². The molecule has 0 radical (unpaired) electrons. The van der Waals surface area contributed by atoms with Crippen molar-refractivity contribution >= 4 is 11.3 Å². The Morgan fingerprint density at radius 2 is 2.00 bits per heavy atom. The third-order valence-corrected chi connectivity index (χ3v) is 4.51. The summed E-state index contributed by atoms with van der Waals surface area (Å²) in [5, 5.41) is 0. The predicted molar refractivity (Wildman–Crippen MR) is 64.3 cm³/mol. The number of hydrogen-bond acceptors (Lipinski definition) is 1. The van der Waals surface area contributed by atoms with Gasteiger partial charge in [-0.3, -0.25) is 0 Å². The van der Waals surface area contributed by atoms with Crippen molar-refractivity contribution in [3.05, 3.63) is 20.9 Å². The number of aryl methyl sites for hydroxylation is 2. The minimum Gasteiger partial charge on any atom is -0.145 e. The zero-order valence-electron chi connectivity index (χ0n) is 9.36. The molecule has 0 atom stereocenters. The van der Waals surface area contributed by atoms with E-state index in [1.54, 1.807) is 20.9 Å². The Kier molecular flexibility index (Phi) is 3.27. The maximum atomic E-state index is 2.31. The van der Waals surface area contributed by atoms with E-state index in [1.807, 2.05) is 0 Å². The second-order valence-corrected chi connectivity index (χ2v) is 5.66. The van der Waals surface area contributed by atoms with Crippen molar-refractivity contribution in [2.24, 2.45) is 0 Å². The Morgan fingerprint density at radius 3 is 2.79 bits per heavy atom. The van der Waals surface area contributed by atoms with Gasteiger partial charge in [0.05, 0.1) is 0 Å². The summed E-state index contributed by atoms with van der Waals surface area (Å²) in [6.45, 7) is 4.60. The maximum Gasteiger partial charge on any atom is 0.00829 e. The van der Waals surface area contributed by atoms with Gasteiger partial charge in [0.2, 0.25) is 0 Å². The Balaban J connectivity index is 2.24. The zero-order valence-corrected chi connectivity index (χ0v) is 10.2. The minimum absolute atomic E-state index is 1.32. The van der Waals surface area contributed by atoms with Crippen molar-refractivity contribution in [1.29, 1.82) is 0 Å². The highest BCUT2D eigenvalue weighted by molar-refractivity contribution is 7.12. The fourth-order valence-corrected chi connectivity index (χ4v) is 3.76. The highest BCUT2D eigenvalue weighted by Crippen LogP contribution is 2.34. The van der Waals surface area contributed by atoms with Gasteiger partial charge in [-0.1, -0.05) is 13.3 Å². The van der Waals surface area contributed by atoms with Crippen LogP contribution in [0.3, 0.4) is 0 Å². The van der Waals surface area contributed by atoms with E-state index in [-0.39, 0.29) is 0 Å². The highest BCUT2D eigenvalue weighted by atomic mass is 32.1. The van der Waals surface area contributed by atoms with Crippen LogP contribution in [-0.4, -0.2) is 0 Å². The number of thiophene rings is 1. The van der Waals surface area contributed by atoms with Crippen molar-refractivity contribution in [2.45, 2.75) is 58.8 Å². The summed E-state index contributed by atoms with van der Waals surface area (Å²) in [5.74, 6) is 0. The summed E-state index contributed by atoms with van der Waals surface area (Å²) in [6.07, 6.45) is 9.57. The fraction of sp³-hybridized carbons (Fsp3) is 0.692. The Bertz CT molecular complexity index is 309. The molecule has 0 N–H and O–H groups in total. The lowest BCUT2D eigenvalue weighted by Crippen LogP contribution is -2.01. The monoisotopic (exact) mass is 208 g/mol. The van der Waals surface area contributed by atoms with E-state index >= 15 is 0 Å². The quantitative estimate of drug-likeness (QED) is 0.695. The first-order chi connectivity index (χ1) is 6.83. The van der Waals surface area contributed by atoms with Crippen LogP contribution in [0.5, 0.6) is 0 Å². The van der Waals surface area contributed by atoms with Crippen molar-refractivity contribution in [1.82, 2.24) is 0 Å². The van der Waals surface area contributed by atoms with Gasteiger partial charge in [0.15, 0.2) is 0 Å². The molecule has 0 aliphatic heterocycles. The predicted octanol–water partition coefficient (Wildman–Crippen LogP) is 4.28. The van der Waals surface area contributed by atoms with Crippen LogP contribution >= 0.6 is 11.3 Å². The smallest absolute Gasteiger partial charge is 0.00829 e. The SMILES string of the molecule is CCCCc1c(C)sc2c1CCCC2. The average molecular weight is 208 g/mol. The second-order valence-electron chi connectivity index (χ2n) is 4.35. The van der Waals surface area contributed by atoms with Crippen LogP contribution < -0.4 is 0 Å². The Labute approximate surface area is 91.4 Å². The molecular weight excluding hydrogens is 188 g/mol. The van der Waals surface area contributed by atoms with Gasteiger partial charge < -0.3 is 0 Å². The standard InChI is InChI=1S/C13H20S/c1-3-4-7-11-10(2)14-13-9-6-5-8-12(11)13/h3-9H2,1-2H3. The maximum absolute atomic E-state index is 2.31.